The highest BCUT2D eigenvalue weighted by Crippen LogP contribution is 2.59. The molecule has 0 radical (unpaired) electrons. The predicted molar refractivity (Wildman–Crippen MR) is 63.4 cm³/mol. The quantitative estimate of drug-likeness (QED) is 0.390. The van der Waals surface area contributed by atoms with Crippen LogP contribution in [0.1, 0.15) is 0 Å². The first-order valence-corrected chi connectivity index (χ1v) is 5.49. The predicted octanol–water partition coefficient (Wildman–Crippen LogP) is 5.65. The number of hydrogen-bond donors (Lipinski definition) is 0. The topological polar surface area (TPSA) is 0 Å². The Morgan fingerprint density at radius 2 is 0.739 bits per heavy atom. The Bertz CT molecular complexity index is 481. The van der Waals surface area contributed by atoms with Crippen LogP contribution >= 0.6 is 0 Å². The molecule has 0 heterocycles. The average Bonchev–Trinajstić information content (AvgIpc) is 2.44. The third kappa shape index (κ3) is 2.67. The van der Waals surface area contributed by atoms with Gasteiger partial charge in [-0.1, -0.05) is 38.5 Å². The van der Waals surface area contributed by atoms with Crippen LogP contribution in [0.5, 0.6) is 0 Å². The van der Waals surface area contributed by atoms with Crippen molar-refractivity contribution in [2.24, 2.45) is 0 Å². The van der Waals surface area contributed by atoms with Crippen molar-refractivity contribution in [2.45, 2.75) is 29.6 Å². The first-order valence-electron chi connectivity index (χ1n) is 5.49. The molecule has 0 N–H and O–H groups in total. The van der Waals surface area contributed by atoms with Crippen molar-refractivity contribution in [3.8, 4) is 0 Å². The fourth-order valence-electron chi connectivity index (χ4n) is 1.25. The lowest BCUT2D eigenvalue weighted by molar-refractivity contribution is -0.389. The van der Waals surface area contributed by atoms with Crippen molar-refractivity contribution < 1.29 is 43.9 Å². The first-order chi connectivity index (χ1) is 9.96. The zero-order chi connectivity index (χ0) is 19.1. The van der Waals surface area contributed by atoms with Gasteiger partial charge in [0.25, 0.3) is 0 Å². The van der Waals surface area contributed by atoms with Crippen molar-refractivity contribution in [3.63, 3.8) is 0 Å². The summed E-state index contributed by atoms with van der Waals surface area (Å²) >= 11 is 0. The van der Waals surface area contributed by atoms with Gasteiger partial charge < -0.3 is 0 Å². The van der Waals surface area contributed by atoms with Gasteiger partial charge in [-0.3, -0.25) is 0 Å². The number of halogens is 10. The van der Waals surface area contributed by atoms with E-state index in [1.54, 1.807) is 0 Å². The molecule has 0 unspecified atom stereocenters. The molecule has 0 amide bonds. The molecule has 0 saturated heterocycles. The van der Waals surface area contributed by atoms with Crippen LogP contribution < -0.4 is 0 Å². The summed E-state index contributed by atoms with van der Waals surface area (Å²) in [7, 11) is 0. The van der Waals surface area contributed by atoms with Gasteiger partial charge in [0.2, 0.25) is 0 Å². The van der Waals surface area contributed by atoms with Crippen molar-refractivity contribution in [1.29, 1.82) is 0 Å². The summed E-state index contributed by atoms with van der Waals surface area (Å²) in [4.78, 5) is 0. The Labute approximate surface area is 124 Å². The van der Waals surface area contributed by atoms with E-state index in [0.29, 0.717) is 0 Å². The third-order valence-corrected chi connectivity index (χ3v) is 2.88. The van der Waals surface area contributed by atoms with Crippen LogP contribution in [-0.4, -0.2) is 29.6 Å². The zero-order valence-corrected chi connectivity index (χ0v) is 11.3. The van der Waals surface area contributed by atoms with E-state index in [-0.39, 0.29) is 12.2 Å². The van der Waals surface area contributed by atoms with E-state index in [9.17, 15) is 43.9 Å². The lowest BCUT2D eigenvalue weighted by atomic mass is 9.89. The van der Waals surface area contributed by atoms with Crippen molar-refractivity contribution in [1.82, 2.24) is 0 Å². The van der Waals surface area contributed by atoms with E-state index in [0.717, 1.165) is 0 Å². The second-order valence-corrected chi connectivity index (χ2v) is 4.33. The Morgan fingerprint density at radius 3 is 0.913 bits per heavy atom. The van der Waals surface area contributed by atoms with Gasteiger partial charge in [-0.25, -0.2) is 0 Å². The van der Waals surface area contributed by atoms with Crippen molar-refractivity contribution in [3.05, 3.63) is 49.6 Å². The van der Waals surface area contributed by atoms with Crippen LogP contribution in [0.4, 0.5) is 43.9 Å². The average molecular weight is 356 g/mol. The third-order valence-electron chi connectivity index (χ3n) is 2.88. The summed E-state index contributed by atoms with van der Waals surface area (Å²) in [6.07, 6.45) is -0.189. The summed E-state index contributed by atoms with van der Waals surface area (Å²) in [6.45, 7) is 9.65. The molecule has 23 heavy (non-hydrogen) atoms. The van der Waals surface area contributed by atoms with Gasteiger partial charge in [0.1, 0.15) is 0 Å². The Morgan fingerprint density at radius 1 is 0.522 bits per heavy atom. The minimum atomic E-state index is -7.16. The first kappa shape index (κ1) is 21.3. The summed E-state index contributed by atoms with van der Waals surface area (Å²) in [5, 5.41) is 0. The van der Waals surface area contributed by atoms with Crippen LogP contribution in [0.3, 0.4) is 0 Å². The normalized spacial score (nSPS) is 14.3. The molecule has 0 atom stereocenters. The van der Waals surface area contributed by atoms with E-state index in [1.807, 2.05) is 0 Å². The lowest BCUT2D eigenvalue weighted by Crippen LogP contribution is -2.67. The Balaban J connectivity index is 6.34. The molecular weight excluding hydrogens is 346 g/mol. The molecule has 0 aliphatic heterocycles. The van der Waals surface area contributed by atoms with Gasteiger partial charge in [-0.2, -0.15) is 43.9 Å². The summed E-state index contributed by atoms with van der Waals surface area (Å²) in [6, 6.07) is 0. The maximum atomic E-state index is 13.4. The largest absolute Gasteiger partial charge is 0.385 e. The van der Waals surface area contributed by atoms with E-state index >= 15 is 0 Å². The minimum absolute atomic E-state index is 0.0943. The van der Waals surface area contributed by atoms with Gasteiger partial charge >= 0.3 is 29.6 Å². The standard InChI is InChI=1S/C13H10F10/c1-5-7(3)9(14,15)11(18,19)13(22,23)12(20,21)10(16,17)8(4)6-2/h5-6H,1-4H2. The van der Waals surface area contributed by atoms with Gasteiger partial charge in [-0.05, 0) is 0 Å². The molecule has 0 bridgehead atoms. The van der Waals surface area contributed by atoms with E-state index < -0.39 is 40.8 Å². The van der Waals surface area contributed by atoms with E-state index in [2.05, 4.69) is 26.3 Å². The number of rotatable bonds is 8. The molecule has 0 aromatic carbocycles. The SMILES string of the molecule is C=CC(=C)C(F)(F)C(F)(F)C(F)(F)C(F)(F)C(F)(F)C(=C)C=C. The van der Waals surface area contributed by atoms with Gasteiger partial charge in [0.15, 0.2) is 0 Å². The smallest absolute Gasteiger partial charge is 0.194 e. The fourth-order valence-corrected chi connectivity index (χ4v) is 1.25. The monoisotopic (exact) mass is 356 g/mol. The molecule has 10 heteroatoms. The molecule has 0 fully saturated rings. The molecule has 0 aromatic heterocycles. The summed E-state index contributed by atoms with van der Waals surface area (Å²) < 4.78 is 133. The highest BCUT2D eigenvalue weighted by atomic mass is 19.4. The molecular formula is C13H10F10. The number of allylic oxidation sites excluding steroid dienone is 4. The summed E-state index contributed by atoms with van der Waals surface area (Å²) in [5.74, 6) is -32.9. The van der Waals surface area contributed by atoms with Gasteiger partial charge in [0.05, 0.1) is 0 Å². The molecule has 0 spiro atoms. The van der Waals surface area contributed by atoms with Crippen LogP contribution in [0.25, 0.3) is 0 Å². The van der Waals surface area contributed by atoms with Crippen LogP contribution in [-0.2, 0) is 0 Å². The molecule has 0 aromatic rings. The van der Waals surface area contributed by atoms with E-state index in [1.165, 1.54) is 0 Å². The molecule has 0 saturated carbocycles. The Hall–Kier alpha value is -1.74. The molecule has 0 nitrogen and oxygen atoms in total. The van der Waals surface area contributed by atoms with Crippen LogP contribution in [0, 0.1) is 0 Å². The Kier molecular flexibility index (Phi) is 5.28. The molecule has 0 rings (SSSR count). The minimum Gasteiger partial charge on any atom is -0.194 e. The fraction of sp³-hybridized carbons (Fsp3) is 0.385. The summed E-state index contributed by atoms with van der Waals surface area (Å²) in [5.41, 5.74) is -4.10. The highest BCUT2D eigenvalue weighted by Gasteiger charge is 2.86. The number of alkyl halides is 10. The van der Waals surface area contributed by atoms with Gasteiger partial charge in [-0.15, -0.1) is 0 Å². The van der Waals surface area contributed by atoms with E-state index in [4.69, 9.17) is 0 Å². The second-order valence-electron chi connectivity index (χ2n) is 4.33. The molecule has 132 valence electrons. The van der Waals surface area contributed by atoms with Crippen LogP contribution in [0.2, 0.25) is 0 Å². The molecule has 0 aliphatic carbocycles. The van der Waals surface area contributed by atoms with Gasteiger partial charge in [0, 0.05) is 11.1 Å². The second kappa shape index (κ2) is 5.72. The zero-order valence-electron chi connectivity index (χ0n) is 11.3. The maximum Gasteiger partial charge on any atom is 0.385 e. The maximum absolute atomic E-state index is 13.4. The lowest BCUT2D eigenvalue weighted by Gasteiger charge is -2.39. The highest BCUT2D eigenvalue weighted by molar-refractivity contribution is 5.31. The van der Waals surface area contributed by atoms with Crippen LogP contribution in [0.15, 0.2) is 49.6 Å². The van der Waals surface area contributed by atoms with Crippen molar-refractivity contribution in [2.75, 3.05) is 0 Å². The molecule has 0 aliphatic rings. The van der Waals surface area contributed by atoms with Crippen molar-refractivity contribution >= 4 is 0 Å². The number of hydrogen-bond acceptors (Lipinski definition) is 0.